The van der Waals surface area contributed by atoms with Crippen molar-refractivity contribution in [2.24, 2.45) is 5.10 Å². The number of nitrogens with one attached hydrogen (secondary N) is 2. The summed E-state index contributed by atoms with van der Waals surface area (Å²) >= 11 is 6.19. The van der Waals surface area contributed by atoms with Crippen LogP contribution in [0.1, 0.15) is 16.8 Å². The van der Waals surface area contributed by atoms with Crippen LogP contribution in [0.2, 0.25) is 5.15 Å². The fraction of sp³-hybridized carbons (Fsp3) is 0.133. The van der Waals surface area contributed by atoms with Crippen molar-refractivity contribution < 1.29 is 0 Å². The molecule has 7 nitrogen and oxygen atoms in total. The third-order valence-corrected chi connectivity index (χ3v) is 3.57. The van der Waals surface area contributed by atoms with E-state index in [0.717, 1.165) is 16.5 Å². The summed E-state index contributed by atoms with van der Waals surface area (Å²) in [6, 6.07) is 7.79. The zero-order valence-electron chi connectivity index (χ0n) is 12.5. The lowest BCUT2D eigenvalue weighted by Crippen LogP contribution is -2.15. The molecule has 0 amide bonds. The fourth-order valence-corrected chi connectivity index (χ4v) is 2.23. The van der Waals surface area contributed by atoms with E-state index in [1.54, 1.807) is 6.92 Å². The number of halogens is 1. The number of pyridine rings is 1. The number of benzene rings is 1. The number of hydrazone groups is 1. The Balaban J connectivity index is 1.87. The first-order valence-corrected chi connectivity index (χ1v) is 7.21. The van der Waals surface area contributed by atoms with Gasteiger partial charge in [-0.3, -0.25) is 9.78 Å². The maximum Gasteiger partial charge on any atom is 0.274 e. The molecule has 2 N–H and O–H groups in total. The maximum absolute atomic E-state index is 11.4. The lowest BCUT2D eigenvalue weighted by molar-refractivity contribution is 0.897. The number of fused-ring (bicyclic) bond motifs is 1. The Morgan fingerprint density at radius 1 is 1.30 bits per heavy atom. The number of aryl methyl sites for hydroxylation is 2. The normalized spacial score (nSPS) is 11.3. The SMILES string of the molecule is Cc1nnc(N/N=C\c2cc3cccc(C)c3nc2Cl)[nH]c1=O. The van der Waals surface area contributed by atoms with Crippen LogP contribution in [0.25, 0.3) is 10.9 Å². The largest absolute Gasteiger partial charge is 0.288 e. The third-order valence-electron chi connectivity index (χ3n) is 3.26. The van der Waals surface area contributed by atoms with E-state index in [1.807, 2.05) is 31.2 Å². The van der Waals surface area contributed by atoms with E-state index in [1.165, 1.54) is 6.21 Å². The number of aromatic amines is 1. The van der Waals surface area contributed by atoms with Gasteiger partial charge in [-0.15, -0.1) is 10.2 Å². The van der Waals surface area contributed by atoms with Gasteiger partial charge in [-0.1, -0.05) is 29.8 Å². The molecule has 23 heavy (non-hydrogen) atoms. The van der Waals surface area contributed by atoms with E-state index in [0.29, 0.717) is 10.7 Å². The number of anilines is 1. The van der Waals surface area contributed by atoms with Crippen LogP contribution in [-0.4, -0.2) is 26.4 Å². The number of nitrogens with zero attached hydrogens (tertiary/aromatic N) is 4. The first-order valence-electron chi connectivity index (χ1n) is 6.83. The molecule has 3 aromatic rings. The van der Waals surface area contributed by atoms with Crippen LogP contribution < -0.4 is 11.0 Å². The topological polar surface area (TPSA) is 95.9 Å². The highest BCUT2D eigenvalue weighted by Crippen LogP contribution is 2.21. The summed E-state index contributed by atoms with van der Waals surface area (Å²) < 4.78 is 0. The number of aromatic nitrogens is 4. The van der Waals surface area contributed by atoms with Gasteiger partial charge in [0.25, 0.3) is 5.56 Å². The molecule has 3 rings (SSSR count). The van der Waals surface area contributed by atoms with Crippen LogP contribution in [0.5, 0.6) is 0 Å². The summed E-state index contributed by atoms with van der Waals surface area (Å²) in [5.74, 6) is 0.151. The lowest BCUT2D eigenvalue weighted by atomic mass is 10.1. The maximum atomic E-state index is 11.4. The van der Waals surface area contributed by atoms with Crippen LogP contribution in [0.3, 0.4) is 0 Å². The molecule has 0 spiro atoms. The molecule has 0 bridgehead atoms. The van der Waals surface area contributed by atoms with Gasteiger partial charge in [0.2, 0.25) is 5.95 Å². The van der Waals surface area contributed by atoms with Gasteiger partial charge in [0.05, 0.1) is 11.7 Å². The molecule has 2 heterocycles. The van der Waals surface area contributed by atoms with Crippen molar-refractivity contribution in [1.29, 1.82) is 0 Å². The second-order valence-electron chi connectivity index (χ2n) is 4.97. The molecule has 1 aromatic carbocycles. The van der Waals surface area contributed by atoms with Crippen molar-refractivity contribution in [1.82, 2.24) is 20.2 Å². The standard InChI is InChI=1S/C15H13ClN6O/c1-8-4-3-5-10-6-11(13(16)18-12(8)10)7-17-21-15-19-14(23)9(2)20-22-15/h3-7H,1-2H3,(H2,19,21,22,23)/b17-7-. The Kier molecular flexibility index (Phi) is 4.03. The molecule has 0 saturated carbocycles. The molecule has 0 aliphatic rings. The predicted molar refractivity (Wildman–Crippen MR) is 90.1 cm³/mol. The van der Waals surface area contributed by atoms with E-state index in [4.69, 9.17) is 11.6 Å². The van der Waals surface area contributed by atoms with Gasteiger partial charge < -0.3 is 0 Å². The minimum Gasteiger partial charge on any atom is -0.288 e. The van der Waals surface area contributed by atoms with E-state index < -0.39 is 0 Å². The van der Waals surface area contributed by atoms with Crippen LogP contribution in [0.15, 0.2) is 34.2 Å². The van der Waals surface area contributed by atoms with Crippen LogP contribution in [0.4, 0.5) is 5.95 Å². The first kappa shape index (κ1) is 15.1. The summed E-state index contributed by atoms with van der Waals surface area (Å²) in [6.45, 7) is 3.55. The summed E-state index contributed by atoms with van der Waals surface area (Å²) in [5.41, 5.74) is 5.13. The molecule has 0 radical (unpaired) electrons. The number of rotatable bonds is 3. The van der Waals surface area contributed by atoms with E-state index in [9.17, 15) is 4.79 Å². The molecule has 0 aliphatic carbocycles. The predicted octanol–water partition coefficient (Wildman–Crippen LogP) is 2.43. The van der Waals surface area contributed by atoms with Crippen molar-refractivity contribution in [3.05, 3.63) is 56.6 Å². The summed E-state index contributed by atoms with van der Waals surface area (Å²) in [6.07, 6.45) is 1.51. The number of hydrogen-bond acceptors (Lipinski definition) is 6. The molecule has 2 aromatic heterocycles. The van der Waals surface area contributed by atoms with Gasteiger partial charge in [0.1, 0.15) is 10.8 Å². The first-order chi connectivity index (χ1) is 11.0. The summed E-state index contributed by atoms with van der Waals surface area (Å²) in [4.78, 5) is 18.3. The van der Waals surface area contributed by atoms with E-state index in [-0.39, 0.29) is 17.2 Å². The minimum atomic E-state index is -0.321. The smallest absolute Gasteiger partial charge is 0.274 e. The Labute approximate surface area is 136 Å². The fourth-order valence-electron chi connectivity index (χ4n) is 2.04. The number of para-hydroxylation sites is 1. The zero-order chi connectivity index (χ0) is 16.4. The molecule has 116 valence electrons. The molecule has 0 saturated heterocycles. The molecule has 8 heteroatoms. The Bertz CT molecular complexity index is 966. The quantitative estimate of drug-likeness (QED) is 0.437. The van der Waals surface area contributed by atoms with Crippen molar-refractivity contribution in [2.45, 2.75) is 13.8 Å². The molecular weight excluding hydrogens is 316 g/mol. The van der Waals surface area contributed by atoms with Gasteiger partial charge in [0.15, 0.2) is 0 Å². The molecule has 0 atom stereocenters. The van der Waals surface area contributed by atoms with Crippen LogP contribution in [-0.2, 0) is 0 Å². The van der Waals surface area contributed by atoms with E-state index >= 15 is 0 Å². The molecule has 0 unspecified atom stereocenters. The molecule has 0 fully saturated rings. The number of hydrogen-bond donors (Lipinski definition) is 2. The van der Waals surface area contributed by atoms with Crippen LogP contribution in [0, 0.1) is 13.8 Å². The van der Waals surface area contributed by atoms with Crippen molar-refractivity contribution in [3.8, 4) is 0 Å². The minimum absolute atomic E-state index is 0.151. The summed E-state index contributed by atoms with van der Waals surface area (Å²) in [5, 5.41) is 12.8. The highest BCUT2D eigenvalue weighted by molar-refractivity contribution is 6.32. The highest BCUT2D eigenvalue weighted by Gasteiger charge is 2.05. The van der Waals surface area contributed by atoms with Crippen molar-refractivity contribution in [3.63, 3.8) is 0 Å². The number of H-pyrrole nitrogens is 1. The second kappa shape index (κ2) is 6.13. The Morgan fingerprint density at radius 2 is 2.13 bits per heavy atom. The summed E-state index contributed by atoms with van der Waals surface area (Å²) in [7, 11) is 0. The van der Waals surface area contributed by atoms with Gasteiger partial charge in [-0.2, -0.15) is 5.10 Å². The van der Waals surface area contributed by atoms with Crippen molar-refractivity contribution >= 4 is 34.7 Å². The average Bonchev–Trinajstić information content (AvgIpc) is 2.52. The van der Waals surface area contributed by atoms with Gasteiger partial charge in [-0.05, 0) is 25.5 Å². The van der Waals surface area contributed by atoms with Gasteiger partial charge >= 0.3 is 0 Å². The molecule has 0 aliphatic heterocycles. The Hall–Kier alpha value is -2.80. The van der Waals surface area contributed by atoms with Crippen LogP contribution >= 0.6 is 11.6 Å². The average molecular weight is 329 g/mol. The van der Waals surface area contributed by atoms with Gasteiger partial charge in [-0.25, -0.2) is 10.4 Å². The Morgan fingerprint density at radius 3 is 2.91 bits per heavy atom. The van der Waals surface area contributed by atoms with Crippen molar-refractivity contribution in [2.75, 3.05) is 5.43 Å². The molecular formula is C15H13ClN6O. The monoisotopic (exact) mass is 328 g/mol. The lowest BCUT2D eigenvalue weighted by Gasteiger charge is -2.04. The zero-order valence-corrected chi connectivity index (χ0v) is 13.2. The second-order valence-corrected chi connectivity index (χ2v) is 5.33. The van der Waals surface area contributed by atoms with Gasteiger partial charge in [0, 0.05) is 10.9 Å². The van der Waals surface area contributed by atoms with E-state index in [2.05, 4.69) is 30.7 Å². The highest BCUT2D eigenvalue weighted by atomic mass is 35.5. The third kappa shape index (κ3) is 3.19.